The molecule has 0 aromatic heterocycles. The van der Waals surface area contributed by atoms with Crippen LogP contribution >= 0.6 is 0 Å². The maximum atomic E-state index is 5.72. The minimum atomic E-state index is -0.0573. The second-order valence-corrected chi connectivity index (χ2v) is 7.62. The van der Waals surface area contributed by atoms with Crippen molar-refractivity contribution in [3.8, 4) is 5.75 Å². The largest absolute Gasteiger partial charge is 0.496 e. The van der Waals surface area contributed by atoms with Crippen LogP contribution in [-0.2, 0) is 10.2 Å². The average Bonchev–Trinajstić information content (AvgIpc) is 2.72. The Morgan fingerprint density at radius 2 is 2.14 bits per heavy atom. The summed E-state index contributed by atoms with van der Waals surface area (Å²) in [7, 11) is 3.86. The van der Waals surface area contributed by atoms with Gasteiger partial charge in [0.2, 0.25) is 0 Å². The van der Waals surface area contributed by atoms with Crippen LogP contribution in [0.5, 0.6) is 5.75 Å². The summed E-state index contributed by atoms with van der Waals surface area (Å²) in [5.41, 5.74) is 2.45. The highest BCUT2D eigenvalue weighted by molar-refractivity contribution is 5.79. The molecule has 0 radical (unpaired) electrons. The Balaban J connectivity index is 2.30. The number of hydrogen-bond donors (Lipinski definition) is 1. The predicted octanol–water partition coefficient (Wildman–Crippen LogP) is 3.92. The fourth-order valence-electron chi connectivity index (χ4n) is 3.79. The van der Waals surface area contributed by atoms with Gasteiger partial charge in [0.1, 0.15) is 5.75 Å². The SMILES string of the molecule is C=CCCCN(C)C(=NCC1(c2cc(C)ccc2OC)CCOCC1)NCC. The van der Waals surface area contributed by atoms with E-state index >= 15 is 0 Å². The molecule has 1 aromatic rings. The number of methoxy groups -OCH3 is 1. The normalized spacial score (nSPS) is 16.5. The number of hydrogen-bond acceptors (Lipinski definition) is 3. The number of unbranched alkanes of at least 4 members (excludes halogenated alkanes) is 1. The third kappa shape index (κ3) is 5.74. The van der Waals surface area contributed by atoms with Gasteiger partial charge in [-0.2, -0.15) is 0 Å². The molecule has 1 fully saturated rings. The second-order valence-electron chi connectivity index (χ2n) is 7.62. The molecule has 0 aliphatic carbocycles. The lowest BCUT2D eigenvalue weighted by Crippen LogP contribution is -2.42. The Labute approximate surface area is 170 Å². The van der Waals surface area contributed by atoms with E-state index in [1.54, 1.807) is 7.11 Å². The molecule has 0 unspecified atom stereocenters. The first-order valence-corrected chi connectivity index (χ1v) is 10.4. The molecule has 1 aromatic carbocycles. The summed E-state index contributed by atoms with van der Waals surface area (Å²) in [6.45, 7) is 12.1. The highest BCUT2D eigenvalue weighted by atomic mass is 16.5. The molecule has 2 rings (SSSR count). The van der Waals surface area contributed by atoms with Gasteiger partial charge in [-0.1, -0.05) is 23.8 Å². The fraction of sp³-hybridized carbons (Fsp3) is 0.609. The number of aryl methyl sites for hydroxylation is 1. The van der Waals surface area contributed by atoms with E-state index in [1.807, 2.05) is 6.08 Å². The Morgan fingerprint density at radius 1 is 1.39 bits per heavy atom. The minimum absolute atomic E-state index is 0.0573. The monoisotopic (exact) mass is 387 g/mol. The molecule has 28 heavy (non-hydrogen) atoms. The smallest absolute Gasteiger partial charge is 0.193 e. The molecule has 0 atom stereocenters. The molecule has 156 valence electrons. The summed E-state index contributed by atoms with van der Waals surface area (Å²) >= 11 is 0. The zero-order valence-corrected chi connectivity index (χ0v) is 18.1. The van der Waals surface area contributed by atoms with E-state index in [9.17, 15) is 0 Å². The molecule has 0 spiro atoms. The van der Waals surface area contributed by atoms with Gasteiger partial charge in [0.15, 0.2) is 5.96 Å². The maximum Gasteiger partial charge on any atom is 0.193 e. The number of nitrogens with zero attached hydrogens (tertiary/aromatic N) is 2. The lowest BCUT2D eigenvalue weighted by molar-refractivity contribution is 0.0522. The van der Waals surface area contributed by atoms with E-state index in [4.69, 9.17) is 14.5 Å². The van der Waals surface area contributed by atoms with Gasteiger partial charge in [0, 0.05) is 44.3 Å². The number of benzene rings is 1. The first-order chi connectivity index (χ1) is 13.6. The van der Waals surface area contributed by atoms with Crippen molar-refractivity contribution in [3.63, 3.8) is 0 Å². The van der Waals surface area contributed by atoms with Crippen molar-refractivity contribution in [1.29, 1.82) is 0 Å². The number of guanidine groups is 1. The molecular formula is C23H37N3O2. The quantitative estimate of drug-likeness (QED) is 0.302. The van der Waals surface area contributed by atoms with Gasteiger partial charge in [-0.3, -0.25) is 4.99 Å². The van der Waals surface area contributed by atoms with E-state index in [0.29, 0.717) is 0 Å². The summed E-state index contributed by atoms with van der Waals surface area (Å²) in [5.74, 6) is 1.91. The fourth-order valence-corrected chi connectivity index (χ4v) is 3.79. The average molecular weight is 388 g/mol. The molecule has 1 saturated heterocycles. The molecular weight excluding hydrogens is 350 g/mol. The van der Waals surface area contributed by atoms with E-state index in [1.165, 1.54) is 11.1 Å². The van der Waals surface area contributed by atoms with Crippen molar-refractivity contribution in [2.24, 2.45) is 4.99 Å². The van der Waals surface area contributed by atoms with Crippen molar-refractivity contribution in [1.82, 2.24) is 10.2 Å². The van der Waals surface area contributed by atoms with Crippen molar-refractivity contribution < 1.29 is 9.47 Å². The van der Waals surface area contributed by atoms with Crippen molar-refractivity contribution in [2.45, 2.75) is 44.9 Å². The zero-order chi connectivity index (χ0) is 20.4. The second kappa shape index (κ2) is 11.1. The summed E-state index contributed by atoms with van der Waals surface area (Å²) in [6, 6.07) is 6.45. The summed E-state index contributed by atoms with van der Waals surface area (Å²) in [5, 5.41) is 3.45. The van der Waals surface area contributed by atoms with Gasteiger partial charge >= 0.3 is 0 Å². The van der Waals surface area contributed by atoms with Crippen LogP contribution in [-0.4, -0.2) is 57.9 Å². The number of aliphatic imine (C=N–C) groups is 1. The zero-order valence-electron chi connectivity index (χ0n) is 18.1. The van der Waals surface area contributed by atoms with E-state index in [-0.39, 0.29) is 5.41 Å². The topological polar surface area (TPSA) is 46.1 Å². The highest BCUT2D eigenvalue weighted by Crippen LogP contribution is 2.40. The van der Waals surface area contributed by atoms with Crippen LogP contribution in [0.3, 0.4) is 0 Å². The number of allylic oxidation sites excluding steroid dienone is 1. The predicted molar refractivity (Wildman–Crippen MR) is 118 cm³/mol. The Bertz CT molecular complexity index is 651. The van der Waals surface area contributed by atoms with Crippen LogP contribution < -0.4 is 10.1 Å². The number of ether oxygens (including phenoxy) is 2. The van der Waals surface area contributed by atoms with Crippen molar-refractivity contribution in [2.75, 3.05) is 47.0 Å². The molecule has 5 heteroatoms. The Hall–Kier alpha value is -2.01. The van der Waals surface area contributed by atoms with E-state index in [0.717, 1.165) is 70.2 Å². The van der Waals surface area contributed by atoms with Crippen molar-refractivity contribution >= 4 is 5.96 Å². The van der Waals surface area contributed by atoms with Crippen LogP contribution in [0, 0.1) is 6.92 Å². The molecule has 1 heterocycles. The van der Waals surface area contributed by atoms with Gasteiger partial charge in [0.05, 0.1) is 13.7 Å². The molecule has 0 bridgehead atoms. The summed E-state index contributed by atoms with van der Waals surface area (Å²) in [4.78, 5) is 7.28. The number of nitrogens with one attached hydrogen (secondary N) is 1. The standard InChI is InChI=1S/C23H37N3O2/c1-6-8-9-14-26(4)22(24-7-2)25-18-23(12-15-28-16-13-23)20-17-19(3)10-11-21(20)27-5/h6,10-11,17H,1,7-9,12-16,18H2,2-5H3,(H,24,25). The first-order valence-electron chi connectivity index (χ1n) is 10.4. The lowest BCUT2D eigenvalue weighted by Gasteiger charge is -2.38. The summed E-state index contributed by atoms with van der Waals surface area (Å²) < 4.78 is 11.4. The van der Waals surface area contributed by atoms with Crippen LogP contribution in [0.1, 0.15) is 43.7 Å². The van der Waals surface area contributed by atoms with Gasteiger partial charge in [-0.25, -0.2) is 0 Å². The maximum absolute atomic E-state index is 5.72. The van der Waals surface area contributed by atoms with Gasteiger partial charge < -0.3 is 19.7 Å². The molecule has 1 aliphatic heterocycles. The molecule has 5 nitrogen and oxygen atoms in total. The number of rotatable bonds is 9. The molecule has 0 amide bonds. The minimum Gasteiger partial charge on any atom is -0.496 e. The summed E-state index contributed by atoms with van der Waals surface area (Å²) in [6.07, 6.45) is 5.98. The third-order valence-corrected chi connectivity index (χ3v) is 5.51. The van der Waals surface area contributed by atoms with E-state index < -0.39 is 0 Å². The van der Waals surface area contributed by atoms with Crippen LogP contribution in [0.2, 0.25) is 0 Å². The lowest BCUT2D eigenvalue weighted by atomic mass is 9.73. The van der Waals surface area contributed by atoms with E-state index in [2.05, 4.69) is 55.9 Å². The van der Waals surface area contributed by atoms with Crippen LogP contribution in [0.25, 0.3) is 0 Å². The van der Waals surface area contributed by atoms with Crippen LogP contribution in [0.15, 0.2) is 35.8 Å². The molecule has 0 saturated carbocycles. The molecule has 1 aliphatic rings. The first kappa shape index (κ1) is 22.3. The Morgan fingerprint density at radius 3 is 2.79 bits per heavy atom. The van der Waals surface area contributed by atoms with Crippen molar-refractivity contribution in [3.05, 3.63) is 42.0 Å². The van der Waals surface area contributed by atoms with Crippen LogP contribution in [0.4, 0.5) is 0 Å². The Kier molecular flexibility index (Phi) is 8.84. The third-order valence-electron chi connectivity index (χ3n) is 5.51. The van der Waals surface area contributed by atoms with Gasteiger partial charge in [-0.05, 0) is 45.6 Å². The highest BCUT2D eigenvalue weighted by Gasteiger charge is 2.37. The van der Waals surface area contributed by atoms with Gasteiger partial charge in [-0.15, -0.1) is 6.58 Å². The molecule has 1 N–H and O–H groups in total. The van der Waals surface area contributed by atoms with Gasteiger partial charge in [0.25, 0.3) is 0 Å².